The first-order chi connectivity index (χ1) is 8.70. The molecule has 0 atom stereocenters. The number of hydrogen-bond acceptors (Lipinski definition) is 5. The zero-order valence-electron chi connectivity index (χ0n) is 9.53. The zero-order chi connectivity index (χ0) is 13.0. The zero-order valence-corrected chi connectivity index (χ0v) is 10.3. The first-order valence-electron chi connectivity index (χ1n) is 5.07. The van der Waals surface area contributed by atoms with E-state index in [1.54, 1.807) is 31.5 Å². The monoisotopic (exact) mass is 262 g/mol. The molecule has 0 saturated heterocycles. The first kappa shape index (κ1) is 12.4. The van der Waals surface area contributed by atoms with Crippen molar-refractivity contribution in [2.24, 2.45) is 0 Å². The minimum Gasteiger partial charge on any atom is -0.494 e. The Morgan fingerprint density at radius 1 is 1.33 bits per heavy atom. The highest BCUT2D eigenvalue weighted by Crippen LogP contribution is 2.31. The molecule has 0 aliphatic heterocycles. The molecular weight excluding hydrogens is 252 g/mol. The molecule has 0 unspecified atom stereocenters. The van der Waals surface area contributed by atoms with E-state index >= 15 is 0 Å². The summed E-state index contributed by atoms with van der Waals surface area (Å²) in [6.07, 6.45) is 2.98. The molecule has 0 aromatic carbocycles. The van der Waals surface area contributed by atoms with E-state index < -0.39 is 5.97 Å². The predicted octanol–water partition coefficient (Wildman–Crippen LogP) is 2.33. The summed E-state index contributed by atoms with van der Waals surface area (Å²) in [5.41, 5.74) is 0.160. The maximum Gasteiger partial charge on any atom is 0.337 e. The third kappa shape index (κ3) is 2.78. The van der Waals surface area contributed by atoms with Crippen LogP contribution in [0.25, 0.3) is 0 Å². The summed E-state index contributed by atoms with van der Waals surface area (Å²) in [5, 5.41) is 10.1. The summed E-state index contributed by atoms with van der Waals surface area (Å²) >= 11 is 1.32. The van der Waals surface area contributed by atoms with Crippen molar-refractivity contribution in [2.75, 3.05) is 7.11 Å². The average Bonchev–Trinajstić information content (AvgIpc) is 2.40. The van der Waals surface area contributed by atoms with E-state index in [9.17, 15) is 4.79 Å². The van der Waals surface area contributed by atoms with Gasteiger partial charge in [0.15, 0.2) is 5.75 Å². The van der Waals surface area contributed by atoms with Crippen LogP contribution in [-0.2, 0) is 0 Å². The Kier molecular flexibility index (Phi) is 3.78. The lowest BCUT2D eigenvalue weighted by molar-refractivity contribution is 0.0696. The summed E-state index contributed by atoms with van der Waals surface area (Å²) < 4.78 is 5.17. The first-order valence-corrected chi connectivity index (χ1v) is 5.88. The van der Waals surface area contributed by atoms with Crippen molar-refractivity contribution in [1.29, 1.82) is 0 Å². The summed E-state index contributed by atoms with van der Waals surface area (Å²) in [6, 6.07) is 6.74. The number of carbonyl (C=O) groups is 1. The molecular formula is C12H10N2O3S. The molecule has 0 fully saturated rings. The van der Waals surface area contributed by atoms with Crippen LogP contribution in [-0.4, -0.2) is 28.2 Å². The number of carboxylic acid groups (broad SMARTS) is 1. The number of aromatic nitrogens is 2. The van der Waals surface area contributed by atoms with Crippen molar-refractivity contribution in [3.8, 4) is 5.75 Å². The Hall–Kier alpha value is -2.08. The van der Waals surface area contributed by atoms with Crippen LogP contribution in [0.3, 0.4) is 0 Å². The highest BCUT2D eigenvalue weighted by atomic mass is 32.2. The van der Waals surface area contributed by atoms with Crippen LogP contribution in [0.15, 0.2) is 46.7 Å². The molecule has 2 aromatic heterocycles. The summed E-state index contributed by atoms with van der Waals surface area (Å²) in [4.78, 5) is 18.9. The van der Waals surface area contributed by atoms with Gasteiger partial charge in [0.1, 0.15) is 10.1 Å². The lowest BCUT2D eigenvalue weighted by atomic mass is 10.3. The third-order valence-corrected chi connectivity index (χ3v) is 3.09. The predicted molar refractivity (Wildman–Crippen MR) is 66.1 cm³/mol. The molecule has 0 bridgehead atoms. The summed E-state index contributed by atoms with van der Waals surface area (Å²) in [5.74, 6) is -0.332. The molecule has 0 aliphatic rings. The van der Waals surface area contributed by atoms with Gasteiger partial charge in [0.25, 0.3) is 0 Å². The van der Waals surface area contributed by atoms with E-state index in [4.69, 9.17) is 9.84 Å². The molecule has 0 radical (unpaired) electrons. The van der Waals surface area contributed by atoms with Gasteiger partial charge in [0.2, 0.25) is 0 Å². The van der Waals surface area contributed by atoms with Crippen LogP contribution in [0, 0.1) is 0 Å². The van der Waals surface area contributed by atoms with Gasteiger partial charge in [-0.1, -0.05) is 0 Å². The topological polar surface area (TPSA) is 72.3 Å². The molecule has 2 aromatic rings. The van der Waals surface area contributed by atoms with Gasteiger partial charge in [-0.15, -0.1) is 0 Å². The smallest absolute Gasteiger partial charge is 0.337 e. The van der Waals surface area contributed by atoms with Crippen LogP contribution < -0.4 is 4.74 Å². The molecule has 6 heteroatoms. The third-order valence-electron chi connectivity index (χ3n) is 2.14. The lowest BCUT2D eigenvalue weighted by Crippen LogP contribution is -1.97. The molecule has 1 N–H and O–H groups in total. The van der Waals surface area contributed by atoms with Crippen LogP contribution >= 0.6 is 11.8 Å². The van der Waals surface area contributed by atoms with Gasteiger partial charge in [0, 0.05) is 12.4 Å². The standard InChI is InChI=1S/C12H10N2O3S/c1-17-9-3-2-6-13-11(9)18-10-5-4-8(7-14-10)12(15)16/h2-7H,1H3,(H,15,16). The van der Waals surface area contributed by atoms with E-state index in [-0.39, 0.29) is 5.56 Å². The van der Waals surface area contributed by atoms with Crippen LogP contribution in [0.5, 0.6) is 5.75 Å². The molecule has 5 nitrogen and oxygen atoms in total. The maximum atomic E-state index is 10.7. The largest absolute Gasteiger partial charge is 0.494 e. The highest BCUT2D eigenvalue weighted by Gasteiger charge is 2.08. The normalized spacial score (nSPS) is 10.1. The molecule has 18 heavy (non-hydrogen) atoms. The van der Waals surface area contributed by atoms with Crippen molar-refractivity contribution in [2.45, 2.75) is 10.1 Å². The number of nitrogens with zero attached hydrogens (tertiary/aromatic N) is 2. The number of ether oxygens (including phenoxy) is 1. The Bertz CT molecular complexity index is 558. The van der Waals surface area contributed by atoms with Crippen LogP contribution in [0.4, 0.5) is 0 Å². The fraction of sp³-hybridized carbons (Fsp3) is 0.0833. The SMILES string of the molecule is COc1cccnc1Sc1ccc(C(=O)O)cn1. The van der Waals surface area contributed by atoms with Gasteiger partial charge in [-0.25, -0.2) is 14.8 Å². The highest BCUT2D eigenvalue weighted by molar-refractivity contribution is 7.99. The number of aromatic carboxylic acids is 1. The number of hydrogen-bond donors (Lipinski definition) is 1. The number of carboxylic acids is 1. The van der Waals surface area contributed by atoms with E-state index in [0.29, 0.717) is 15.8 Å². The molecule has 0 aliphatic carbocycles. The Morgan fingerprint density at radius 3 is 2.78 bits per heavy atom. The van der Waals surface area contributed by atoms with Gasteiger partial charge in [0.05, 0.1) is 12.7 Å². The number of rotatable bonds is 4. The van der Waals surface area contributed by atoms with Crippen molar-refractivity contribution in [3.63, 3.8) is 0 Å². The van der Waals surface area contributed by atoms with Crippen LogP contribution in [0.2, 0.25) is 0 Å². The van der Waals surface area contributed by atoms with Gasteiger partial charge in [-0.2, -0.15) is 0 Å². The molecule has 2 heterocycles. The van der Waals surface area contributed by atoms with Gasteiger partial charge in [-0.3, -0.25) is 0 Å². The second kappa shape index (κ2) is 5.50. The average molecular weight is 262 g/mol. The lowest BCUT2D eigenvalue weighted by Gasteiger charge is -2.05. The second-order valence-corrected chi connectivity index (χ2v) is 4.31. The van der Waals surface area contributed by atoms with E-state index in [0.717, 1.165) is 0 Å². The molecule has 0 amide bonds. The fourth-order valence-electron chi connectivity index (χ4n) is 1.27. The Labute approximate surface area is 108 Å². The van der Waals surface area contributed by atoms with Gasteiger partial charge < -0.3 is 9.84 Å². The maximum absolute atomic E-state index is 10.7. The minimum atomic E-state index is -0.991. The van der Waals surface area contributed by atoms with E-state index in [1.165, 1.54) is 24.0 Å². The quantitative estimate of drug-likeness (QED) is 0.911. The summed E-state index contributed by atoms with van der Waals surface area (Å²) in [7, 11) is 1.57. The van der Waals surface area contributed by atoms with Crippen molar-refractivity contribution in [3.05, 3.63) is 42.2 Å². The second-order valence-electron chi connectivity index (χ2n) is 3.30. The Balaban J connectivity index is 2.21. The van der Waals surface area contributed by atoms with Crippen molar-refractivity contribution in [1.82, 2.24) is 9.97 Å². The molecule has 0 spiro atoms. The van der Waals surface area contributed by atoms with Gasteiger partial charge in [-0.05, 0) is 36.0 Å². The summed E-state index contributed by atoms with van der Waals surface area (Å²) in [6.45, 7) is 0. The van der Waals surface area contributed by atoms with E-state index in [2.05, 4.69) is 9.97 Å². The number of pyridine rings is 2. The molecule has 92 valence electrons. The Morgan fingerprint density at radius 2 is 2.17 bits per heavy atom. The minimum absolute atomic E-state index is 0.160. The van der Waals surface area contributed by atoms with Crippen molar-refractivity contribution < 1.29 is 14.6 Å². The molecule has 0 saturated carbocycles. The van der Waals surface area contributed by atoms with Crippen molar-refractivity contribution >= 4 is 17.7 Å². The number of methoxy groups -OCH3 is 1. The van der Waals surface area contributed by atoms with Crippen LogP contribution in [0.1, 0.15) is 10.4 Å². The fourth-order valence-corrected chi connectivity index (χ4v) is 2.08. The molecule has 2 rings (SSSR count). The van der Waals surface area contributed by atoms with E-state index in [1.807, 2.05) is 0 Å². The van der Waals surface area contributed by atoms with Gasteiger partial charge >= 0.3 is 5.97 Å².